The van der Waals surface area contributed by atoms with E-state index in [-0.39, 0.29) is 12.6 Å². The number of aliphatic hydroxyl groups excluding tert-OH is 1. The molecule has 1 aromatic rings. The molecule has 128 valence electrons. The van der Waals surface area contributed by atoms with Crippen molar-refractivity contribution in [3.8, 4) is 0 Å². The van der Waals surface area contributed by atoms with Gasteiger partial charge in [-0.2, -0.15) is 0 Å². The van der Waals surface area contributed by atoms with Gasteiger partial charge in [0, 0.05) is 51.4 Å². The fourth-order valence-electron chi connectivity index (χ4n) is 3.02. The second-order valence-corrected chi connectivity index (χ2v) is 6.46. The van der Waals surface area contributed by atoms with E-state index in [1.807, 2.05) is 0 Å². The lowest BCUT2D eigenvalue weighted by molar-refractivity contribution is 0.0636. The number of nitrogens with zero attached hydrogens (tertiary/aromatic N) is 2. The number of hydrogen-bond acceptors (Lipinski definition) is 3. The molecule has 1 fully saturated rings. The minimum atomic E-state index is -0.533. The van der Waals surface area contributed by atoms with Gasteiger partial charge in [0.15, 0.2) is 0 Å². The summed E-state index contributed by atoms with van der Waals surface area (Å²) >= 11 is 0. The molecule has 1 aliphatic rings. The molecule has 0 unspecified atom stereocenters. The van der Waals surface area contributed by atoms with Gasteiger partial charge in [0.25, 0.3) is 0 Å². The molecule has 1 heterocycles. The van der Waals surface area contributed by atoms with Gasteiger partial charge in [-0.05, 0) is 38.0 Å². The van der Waals surface area contributed by atoms with Crippen molar-refractivity contribution in [3.63, 3.8) is 0 Å². The molecular weight excluding hydrogens is 298 g/mol. The summed E-state index contributed by atoms with van der Waals surface area (Å²) in [5.41, 5.74) is 1.94. The number of allylic oxidation sites excluding steroid dienone is 1. The fourth-order valence-corrected chi connectivity index (χ4v) is 3.02. The van der Waals surface area contributed by atoms with E-state index in [4.69, 9.17) is 0 Å². The zero-order valence-electron chi connectivity index (χ0n) is 13.9. The number of aliphatic hydroxyl groups is 1. The van der Waals surface area contributed by atoms with E-state index < -0.39 is 11.6 Å². The predicted molar refractivity (Wildman–Crippen MR) is 88.1 cm³/mol. The molecular formula is C18H26F2N2O. The summed E-state index contributed by atoms with van der Waals surface area (Å²) in [6, 6.07) is 3.94. The highest BCUT2D eigenvalue weighted by atomic mass is 19.1. The smallest absolute Gasteiger partial charge is 0.126 e. The summed E-state index contributed by atoms with van der Waals surface area (Å²) in [6.45, 7) is 8.28. The maximum atomic E-state index is 13.3. The Morgan fingerprint density at radius 3 is 2.52 bits per heavy atom. The van der Waals surface area contributed by atoms with E-state index in [0.29, 0.717) is 18.5 Å². The molecule has 0 radical (unpaired) electrons. The van der Waals surface area contributed by atoms with Crippen LogP contribution < -0.4 is 0 Å². The molecule has 2 rings (SSSR count). The van der Waals surface area contributed by atoms with Crippen LogP contribution in [0.4, 0.5) is 8.78 Å². The average molecular weight is 324 g/mol. The van der Waals surface area contributed by atoms with Gasteiger partial charge in [-0.15, -0.1) is 0 Å². The van der Waals surface area contributed by atoms with Crippen molar-refractivity contribution in [1.82, 2.24) is 9.80 Å². The van der Waals surface area contributed by atoms with Gasteiger partial charge in [-0.3, -0.25) is 9.80 Å². The van der Waals surface area contributed by atoms with E-state index in [1.54, 1.807) is 0 Å². The molecule has 0 bridgehead atoms. The third-order valence-corrected chi connectivity index (χ3v) is 4.21. The topological polar surface area (TPSA) is 26.7 Å². The van der Waals surface area contributed by atoms with Gasteiger partial charge in [0.05, 0.1) is 0 Å². The molecule has 1 atom stereocenters. The van der Waals surface area contributed by atoms with Crippen LogP contribution in [0.3, 0.4) is 0 Å². The third kappa shape index (κ3) is 5.68. The molecule has 0 spiro atoms. The second-order valence-electron chi connectivity index (χ2n) is 6.46. The Morgan fingerprint density at radius 1 is 1.22 bits per heavy atom. The summed E-state index contributed by atoms with van der Waals surface area (Å²) < 4.78 is 26.6. The highest BCUT2D eigenvalue weighted by molar-refractivity contribution is 5.18. The summed E-state index contributed by atoms with van der Waals surface area (Å²) in [5.74, 6) is -1.07. The van der Waals surface area contributed by atoms with Gasteiger partial charge >= 0.3 is 0 Å². The molecule has 1 aromatic carbocycles. The molecule has 0 amide bonds. The van der Waals surface area contributed by atoms with Gasteiger partial charge < -0.3 is 5.11 Å². The lowest BCUT2D eigenvalue weighted by Gasteiger charge is -2.41. The zero-order chi connectivity index (χ0) is 16.8. The minimum Gasteiger partial charge on any atom is -0.396 e. The molecule has 5 heteroatoms. The highest BCUT2D eigenvalue weighted by Gasteiger charge is 2.26. The molecule has 1 aliphatic heterocycles. The molecule has 3 nitrogen and oxygen atoms in total. The van der Waals surface area contributed by atoms with Crippen molar-refractivity contribution >= 4 is 0 Å². The van der Waals surface area contributed by atoms with Crippen LogP contribution in [0.15, 0.2) is 29.8 Å². The van der Waals surface area contributed by atoms with Crippen molar-refractivity contribution in [3.05, 3.63) is 47.0 Å². The lowest BCUT2D eigenvalue weighted by Crippen LogP contribution is -2.53. The van der Waals surface area contributed by atoms with Gasteiger partial charge in [-0.25, -0.2) is 8.78 Å². The number of rotatable bonds is 6. The molecule has 0 saturated carbocycles. The fraction of sp³-hybridized carbons (Fsp3) is 0.556. The van der Waals surface area contributed by atoms with Crippen molar-refractivity contribution in [1.29, 1.82) is 0 Å². The first-order valence-corrected chi connectivity index (χ1v) is 8.13. The first kappa shape index (κ1) is 18.0. The van der Waals surface area contributed by atoms with Crippen molar-refractivity contribution in [2.75, 3.05) is 32.8 Å². The Balaban J connectivity index is 1.99. The third-order valence-electron chi connectivity index (χ3n) is 4.21. The number of hydrogen-bond donors (Lipinski definition) is 1. The maximum absolute atomic E-state index is 13.3. The Morgan fingerprint density at radius 2 is 1.91 bits per heavy atom. The monoisotopic (exact) mass is 324 g/mol. The van der Waals surface area contributed by atoms with Crippen LogP contribution in [0.5, 0.6) is 0 Å². The minimum absolute atomic E-state index is 0.151. The van der Waals surface area contributed by atoms with Gasteiger partial charge in [-0.1, -0.05) is 11.6 Å². The van der Waals surface area contributed by atoms with Crippen LogP contribution in [0.25, 0.3) is 0 Å². The van der Waals surface area contributed by atoms with Crippen LogP contribution in [-0.2, 0) is 6.54 Å². The van der Waals surface area contributed by atoms with E-state index >= 15 is 0 Å². The van der Waals surface area contributed by atoms with Crippen molar-refractivity contribution < 1.29 is 13.9 Å². The molecule has 23 heavy (non-hydrogen) atoms. The first-order chi connectivity index (χ1) is 11.0. The molecule has 0 aromatic heterocycles. The Kier molecular flexibility index (Phi) is 6.69. The Labute approximate surface area is 137 Å². The Bertz CT molecular complexity index is 524. The maximum Gasteiger partial charge on any atom is 0.126 e. The van der Waals surface area contributed by atoms with Crippen molar-refractivity contribution in [2.24, 2.45) is 0 Å². The normalized spacial score (nSPS) is 19.8. The predicted octanol–water partition coefficient (Wildman–Crippen LogP) is 2.80. The van der Waals surface area contributed by atoms with Crippen LogP contribution >= 0.6 is 0 Å². The van der Waals surface area contributed by atoms with Gasteiger partial charge in [0.2, 0.25) is 0 Å². The van der Waals surface area contributed by atoms with E-state index in [0.717, 1.165) is 32.2 Å². The summed E-state index contributed by atoms with van der Waals surface area (Å²) in [6.07, 6.45) is 2.91. The molecule has 1 saturated heterocycles. The first-order valence-electron chi connectivity index (χ1n) is 8.13. The largest absolute Gasteiger partial charge is 0.396 e. The van der Waals surface area contributed by atoms with Gasteiger partial charge in [0.1, 0.15) is 11.6 Å². The number of halogens is 2. The van der Waals surface area contributed by atoms with Crippen LogP contribution in [-0.4, -0.2) is 53.7 Å². The molecule has 0 aliphatic carbocycles. The summed E-state index contributed by atoms with van der Waals surface area (Å²) in [4.78, 5) is 4.57. The molecule has 1 N–H and O–H groups in total. The van der Waals surface area contributed by atoms with Crippen molar-refractivity contribution in [2.45, 2.75) is 32.9 Å². The zero-order valence-corrected chi connectivity index (χ0v) is 13.9. The lowest BCUT2D eigenvalue weighted by atomic mass is 10.1. The van der Waals surface area contributed by atoms with Crippen LogP contribution in [0.1, 0.15) is 25.8 Å². The number of piperazine rings is 1. The van der Waals surface area contributed by atoms with E-state index in [2.05, 4.69) is 29.7 Å². The second kappa shape index (κ2) is 8.52. The van der Waals surface area contributed by atoms with E-state index in [1.165, 1.54) is 17.7 Å². The Hall–Kier alpha value is -1.30. The average Bonchev–Trinajstić information content (AvgIpc) is 2.45. The van der Waals surface area contributed by atoms with Crippen LogP contribution in [0, 0.1) is 11.6 Å². The van der Waals surface area contributed by atoms with Crippen LogP contribution in [0.2, 0.25) is 0 Å². The quantitative estimate of drug-likeness (QED) is 0.815. The summed E-state index contributed by atoms with van der Waals surface area (Å²) in [5, 5.41) is 9.30. The summed E-state index contributed by atoms with van der Waals surface area (Å²) in [7, 11) is 0. The van der Waals surface area contributed by atoms with E-state index in [9.17, 15) is 13.9 Å². The standard InChI is InChI=1S/C18H26F2N2O/c1-14(2)3-5-22-7-6-21(13-18(22)4-8-23)12-15-9-16(19)11-17(20)10-15/h3,9-11,18,23H,4-8,12-13H2,1-2H3/t18-/m0/s1. The highest BCUT2D eigenvalue weighted by Crippen LogP contribution is 2.17. The SMILES string of the molecule is CC(C)=CCN1CCN(Cc2cc(F)cc(F)c2)C[C@@H]1CCO. The number of benzene rings is 1.